The van der Waals surface area contributed by atoms with Gasteiger partial charge in [0.2, 0.25) is 5.88 Å². The number of anilines is 1. The van der Waals surface area contributed by atoms with Crippen molar-refractivity contribution in [2.24, 2.45) is 0 Å². The second kappa shape index (κ2) is 7.22. The minimum atomic E-state index is 0.299. The first kappa shape index (κ1) is 14.8. The van der Waals surface area contributed by atoms with E-state index in [4.69, 9.17) is 14.7 Å². The molecule has 0 aliphatic carbocycles. The van der Waals surface area contributed by atoms with Gasteiger partial charge < -0.3 is 14.8 Å². The van der Waals surface area contributed by atoms with Crippen LogP contribution < -0.4 is 10.1 Å². The molecule has 0 aliphatic heterocycles. The zero-order chi connectivity index (χ0) is 15.1. The first-order valence-corrected chi connectivity index (χ1v) is 6.54. The van der Waals surface area contributed by atoms with Gasteiger partial charge in [-0.3, -0.25) is 0 Å². The van der Waals surface area contributed by atoms with Crippen LogP contribution in [-0.4, -0.2) is 23.6 Å². The predicted molar refractivity (Wildman–Crippen MR) is 78.1 cm³/mol. The fourth-order valence-corrected chi connectivity index (χ4v) is 1.74. The van der Waals surface area contributed by atoms with Gasteiger partial charge in [-0.2, -0.15) is 10.2 Å². The van der Waals surface area contributed by atoms with Crippen molar-refractivity contribution in [1.29, 1.82) is 5.26 Å². The number of nitriles is 1. The van der Waals surface area contributed by atoms with Gasteiger partial charge in [0, 0.05) is 19.7 Å². The van der Waals surface area contributed by atoms with Gasteiger partial charge in [-0.25, -0.2) is 4.98 Å². The van der Waals surface area contributed by atoms with Gasteiger partial charge in [0.25, 0.3) is 0 Å². The molecule has 0 fully saturated rings. The molecule has 0 amide bonds. The predicted octanol–water partition coefficient (Wildman–Crippen LogP) is 2.72. The molecule has 0 saturated carbocycles. The standard InChI is InChI=1S/C15H16N4O2/c1-3-17-13-8-15(19-14(18-13)10-20-2)21-12-6-4-5-11(7-12)9-16/h4-8H,3,10H2,1-2H3,(H,17,18,19). The molecule has 2 rings (SSSR count). The molecule has 0 radical (unpaired) electrons. The number of nitrogens with zero attached hydrogens (tertiary/aromatic N) is 3. The Morgan fingerprint density at radius 1 is 1.29 bits per heavy atom. The highest BCUT2D eigenvalue weighted by Crippen LogP contribution is 2.22. The van der Waals surface area contributed by atoms with E-state index in [1.165, 1.54) is 0 Å². The second-order valence-corrected chi connectivity index (χ2v) is 4.21. The van der Waals surface area contributed by atoms with Crippen LogP contribution in [0.5, 0.6) is 11.6 Å². The number of nitrogens with one attached hydrogen (secondary N) is 1. The maximum Gasteiger partial charge on any atom is 0.224 e. The molecule has 0 unspecified atom stereocenters. The Morgan fingerprint density at radius 3 is 2.86 bits per heavy atom. The van der Waals surface area contributed by atoms with Gasteiger partial charge in [0.05, 0.1) is 11.6 Å². The Hall–Kier alpha value is -2.65. The van der Waals surface area contributed by atoms with E-state index >= 15 is 0 Å². The average molecular weight is 284 g/mol. The summed E-state index contributed by atoms with van der Waals surface area (Å²) in [5.74, 6) is 2.16. The van der Waals surface area contributed by atoms with E-state index in [2.05, 4.69) is 21.4 Å². The molecule has 0 atom stereocenters. The minimum absolute atomic E-state index is 0.299. The molecular formula is C15H16N4O2. The van der Waals surface area contributed by atoms with Gasteiger partial charge in [-0.15, -0.1) is 0 Å². The van der Waals surface area contributed by atoms with Crippen LogP contribution in [0, 0.1) is 11.3 Å². The lowest BCUT2D eigenvalue weighted by Crippen LogP contribution is -2.05. The Labute approximate surface area is 123 Å². The molecule has 6 heteroatoms. The fraction of sp³-hybridized carbons (Fsp3) is 0.267. The number of rotatable bonds is 6. The number of hydrogen-bond acceptors (Lipinski definition) is 6. The third-order valence-corrected chi connectivity index (χ3v) is 2.57. The van der Waals surface area contributed by atoms with E-state index in [0.717, 1.165) is 6.54 Å². The quantitative estimate of drug-likeness (QED) is 0.878. The van der Waals surface area contributed by atoms with Crippen molar-refractivity contribution in [3.63, 3.8) is 0 Å². The molecule has 1 aromatic heterocycles. The van der Waals surface area contributed by atoms with Crippen molar-refractivity contribution in [3.05, 3.63) is 41.7 Å². The smallest absolute Gasteiger partial charge is 0.224 e. The minimum Gasteiger partial charge on any atom is -0.439 e. The molecule has 0 saturated heterocycles. The van der Waals surface area contributed by atoms with Crippen LogP contribution in [0.1, 0.15) is 18.3 Å². The van der Waals surface area contributed by atoms with E-state index in [1.54, 1.807) is 37.4 Å². The van der Waals surface area contributed by atoms with Crippen LogP contribution in [0.4, 0.5) is 5.82 Å². The largest absolute Gasteiger partial charge is 0.439 e. The van der Waals surface area contributed by atoms with Crippen LogP contribution in [-0.2, 0) is 11.3 Å². The van der Waals surface area contributed by atoms with Crippen LogP contribution >= 0.6 is 0 Å². The second-order valence-electron chi connectivity index (χ2n) is 4.21. The van der Waals surface area contributed by atoms with Gasteiger partial charge in [-0.1, -0.05) is 6.07 Å². The van der Waals surface area contributed by atoms with E-state index in [9.17, 15) is 0 Å². The zero-order valence-electron chi connectivity index (χ0n) is 12.0. The van der Waals surface area contributed by atoms with E-state index in [-0.39, 0.29) is 0 Å². The number of benzene rings is 1. The summed E-state index contributed by atoms with van der Waals surface area (Å²) in [6.45, 7) is 3.02. The van der Waals surface area contributed by atoms with Crippen molar-refractivity contribution in [2.75, 3.05) is 19.0 Å². The lowest BCUT2D eigenvalue weighted by Gasteiger charge is -2.09. The van der Waals surface area contributed by atoms with Crippen LogP contribution in [0.15, 0.2) is 30.3 Å². The monoisotopic (exact) mass is 284 g/mol. The lowest BCUT2D eigenvalue weighted by molar-refractivity contribution is 0.177. The summed E-state index contributed by atoms with van der Waals surface area (Å²) in [7, 11) is 1.58. The fourth-order valence-electron chi connectivity index (χ4n) is 1.74. The average Bonchev–Trinajstić information content (AvgIpc) is 2.48. The molecule has 0 aliphatic rings. The Kier molecular flexibility index (Phi) is 5.07. The molecule has 1 heterocycles. The maximum atomic E-state index is 8.90. The molecule has 1 N–H and O–H groups in total. The van der Waals surface area contributed by atoms with Gasteiger partial charge in [-0.05, 0) is 25.1 Å². The Bertz CT molecular complexity index is 628. The lowest BCUT2D eigenvalue weighted by atomic mass is 10.2. The summed E-state index contributed by atoms with van der Waals surface area (Å²) in [5, 5.41) is 12.0. The van der Waals surface area contributed by atoms with Crippen molar-refractivity contribution in [2.45, 2.75) is 13.5 Å². The SMILES string of the molecule is CCNc1cc(Oc2cccc(C#N)c2)nc(COC)n1. The first-order chi connectivity index (χ1) is 10.2. The molecule has 1 aromatic carbocycles. The number of ether oxygens (including phenoxy) is 2. The molecule has 2 aromatic rings. The topological polar surface area (TPSA) is 80.1 Å². The van der Waals surface area contributed by atoms with Gasteiger partial charge in [0.1, 0.15) is 18.2 Å². The van der Waals surface area contributed by atoms with Crippen molar-refractivity contribution < 1.29 is 9.47 Å². The summed E-state index contributed by atoms with van der Waals surface area (Å²) >= 11 is 0. The zero-order valence-corrected chi connectivity index (χ0v) is 12.0. The van der Waals surface area contributed by atoms with E-state index < -0.39 is 0 Å². The Balaban J connectivity index is 2.27. The molecule has 0 spiro atoms. The van der Waals surface area contributed by atoms with Crippen molar-refractivity contribution in [1.82, 2.24) is 9.97 Å². The number of hydrogen-bond donors (Lipinski definition) is 1. The summed E-state index contributed by atoms with van der Waals surface area (Å²) in [6.07, 6.45) is 0. The molecule has 21 heavy (non-hydrogen) atoms. The summed E-state index contributed by atoms with van der Waals surface area (Å²) in [4.78, 5) is 8.58. The molecule has 108 valence electrons. The Morgan fingerprint density at radius 2 is 2.14 bits per heavy atom. The van der Waals surface area contributed by atoms with Crippen molar-refractivity contribution in [3.8, 4) is 17.7 Å². The summed E-state index contributed by atoms with van der Waals surface area (Å²) < 4.78 is 10.7. The maximum absolute atomic E-state index is 8.90. The summed E-state index contributed by atoms with van der Waals surface area (Å²) in [6, 6.07) is 10.7. The van der Waals surface area contributed by atoms with Gasteiger partial charge >= 0.3 is 0 Å². The third kappa shape index (κ3) is 4.16. The molecular weight excluding hydrogens is 268 g/mol. The highest BCUT2D eigenvalue weighted by molar-refractivity contribution is 5.42. The molecule has 0 bridgehead atoms. The van der Waals surface area contributed by atoms with Crippen LogP contribution in [0.2, 0.25) is 0 Å². The molecule has 6 nitrogen and oxygen atoms in total. The highest BCUT2D eigenvalue weighted by atomic mass is 16.5. The summed E-state index contributed by atoms with van der Waals surface area (Å²) in [5.41, 5.74) is 0.533. The van der Waals surface area contributed by atoms with Crippen LogP contribution in [0.3, 0.4) is 0 Å². The van der Waals surface area contributed by atoms with E-state index in [1.807, 2.05) is 6.92 Å². The number of aromatic nitrogens is 2. The van der Waals surface area contributed by atoms with Crippen LogP contribution in [0.25, 0.3) is 0 Å². The van der Waals surface area contributed by atoms with E-state index in [0.29, 0.717) is 35.4 Å². The third-order valence-electron chi connectivity index (χ3n) is 2.57. The van der Waals surface area contributed by atoms with Crippen molar-refractivity contribution >= 4 is 5.82 Å². The number of methoxy groups -OCH3 is 1. The van der Waals surface area contributed by atoms with Gasteiger partial charge in [0.15, 0.2) is 5.82 Å². The normalized spacial score (nSPS) is 9.95. The first-order valence-electron chi connectivity index (χ1n) is 6.54. The highest BCUT2D eigenvalue weighted by Gasteiger charge is 2.07.